The Morgan fingerprint density at radius 1 is 1.21 bits per heavy atom. The fraction of sp³-hybridized carbons (Fsp3) is 0.125. The second-order valence-electron chi connectivity index (χ2n) is 2.41. The van der Waals surface area contributed by atoms with Gasteiger partial charge in [-0.2, -0.15) is 0 Å². The average Bonchev–Trinajstić information content (AvgIpc) is 2.10. The number of ketones is 1. The summed E-state index contributed by atoms with van der Waals surface area (Å²) in [6, 6.07) is 1.07. The highest BCUT2D eigenvalue weighted by atomic mass is 79.9. The maximum absolute atomic E-state index is 12.6. The molecule has 0 unspecified atom stereocenters. The Balaban J connectivity index is 3.22. The zero-order chi connectivity index (χ0) is 10.9. The molecule has 0 fully saturated rings. The number of carbonyl (C=O) groups excluding carboxylic acids is 1. The average molecular weight is 271 g/mol. The lowest BCUT2D eigenvalue weighted by molar-refractivity contribution is 0.0677. The molecule has 0 aliphatic carbocycles. The number of hydrogen-bond donors (Lipinski definition) is 0. The largest absolute Gasteiger partial charge is 0.300 e. The van der Waals surface area contributed by atoms with Crippen molar-refractivity contribution in [2.24, 2.45) is 0 Å². The van der Waals surface area contributed by atoms with Crippen LogP contribution >= 0.6 is 15.9 Å². The van der Waals surface area contributed by atoms with E-state index in [1.165, 1.54) is 0 Å². The predicted octanol–water partition coefficient (Wildman–Crippen LogP) is 3.18. The van der Waals surface area contributed by atoms with Crippen LogP contribution < -0.4 is 0 Å². The van der Waals surface area contributed by atoms with E-state index in [4.69, 9.17) is 0 Å². The third kappa shape index (κ3) is 2.12. The van der Waals surface area contributed by atoms with E-state index in [0.717, 1.165) is 0 Å². The first-order valence-electron chi connectivity index (χ1n) is 3.40. The summed E-state index contributed by atoms with van der Waals surface area (Å²) in [5, 5.41) is 0. The third-order valence-corrected chi connectivity index (χ3v) is 2.13. The SMILES string of the molecule is O=C(c1cc(F)c(F)cc1Br)C(F)F. The summed E-state index contributed by atoms with van der Waals surface area (Å²) in [4.78, 5) is 10.8. The summed E-state index contributed by atoms with van der Waals surface area (Å²) < 4.78 is 48.8. The quantitative estimate of drug-likeness (QED) is 0.458. The van der Waals surface area contributed by atoms with Crippen LogP contribution in [-0.4, -0.2) is 12.2 Å². The minimum absolute atomic E-state index is 0.193. The lowest BCUT2D eigenvalue weighted by atomic mass is 10.1. The second-order valence-corrected chi connectivity index (χ2v) is 3.27. The first-order valence-corrected chi connectivity index (χ1v) is 4.19. The van der Waals surface area contributed by atoms with Crippen molar-refractivity contribution in [1.82, 2.24) is 0 Å². The number of rotatable bonds is 2. The minimum atomic E-state index is -3.24. The number of benzene rings is 1. The van der Waals surface area contributed by atoms with E-state index in [1.807, 2.05) is 0 Å². The molecule has 1 aromatic carbocycles. The molecule has 0 saturated carbocycles. The van der Waals surface area contributed by atoms with E-state index in [9.17, 15) is 22.4 Å². The van der Waals surface area contributed by atoms with Crippen molar-refractivity contribution in [1.29, 1.82) is 0 Å². The fourth-order valence-corrected chi connectivity index (χ4v) is 1.34. The molecule has 0 aromatic heterocycles. The maximum atomic E-state index is 12.6. The highest BCUT2D eigenvalue weighted by Crippen LogP contribution is 2.22. The van der Waals surface area contributed by atoms with Gasteiger partial charge in [0, 0.05) is 10.0 Å². The molecule has 6 heteroatoms. The first-order chi connectivity index (χ1) is 6.43. The molecule has 1 nitrogen and oxygen atoms in total. The van der Waals surface area contributed by atoms with Gasteiger partial charge < -0.3 is 0 Å². The van der Waals surface area contributed by atoms with Gasteiger partial charge in [0.05, 0.1) is 0 Å². The normalized spacial score (nSPS) is 10.7. The van der Waals surface area contributed by atoms with Gasteiger partial charge in [-0.3, -0.25) is 4.79 Å². The monoisotopic (exact) mass is 270 g/mol. The Kier molecular flexibility index (Phi) is 3.25. The number of Topliss-reactive ketones (excluding diaryl/α,β-unsaturated/α-hetero) is 1. The Bertz CT molecular complexity index is 378. The smallest absolute Gasteiger partial charge is 0.288 e. The van der Waals surface area contributed by atoms with Crippen LogP contribution in [0.4, 0.5) is 17.6 Å². The molecule has 0 aliphatic heterocycles. The Morgan fingerprint density at radius 3 is 2.21 bits per heavy atom. The minimum Gasteiger partial charge on any atom is -0.288 e. The van der Waals surface area contributed by atoms with Crippen LogP contribution in [0.5, 0.6) is 0 Å². The highest BCUT2D eigenvalue weighted by molar-refractivity contribution is 9.10. The standard InChI is InChI=1S/C8H3BrF4O/c9-4-2-6(11)5(10)1-3(4)7(14)8(12)13/h1-2,8H. The molecule has 1 aromatic rings. The molecule has 76 valence electrons. The van der Waals surface area contributed by atoms with E-state index in [2.05, 4.69) is 15.9 Å². The van der Waals surface area contributed by atoms with Crippen molar-refractivity contribution in [2.45, 2.75) is 6.43 Å². The molecule has 0 N–H and O–H groups in total. The van der Waals surface area contributed by atoms with Crippen molar-refractivity contribution in [3.63, 3.8) is 0 Å². The van der Waals surface area contributed by atoms with Gasteiger partial charge in [0.15, 0.2) is 11.6 Å². The third-order valence-electron chi connectivity index (χ3n) is 1.47. The van der Waals surface area contributed by atoms with Crippen molar-refractivity contribution in [2.75, 3.05) is 0 Å². The zero-order valence-electron chi connectivity index (χ0n) is 6.53. The molecule has 0 saturated heterocycles. The molecular formula is C8H3BrF4O. The summed E-state index contributed by atoms with van der Waals surface area (Å²) >= 11 is 2.69. The van der Waals surface area contributed by atoms with Gasteiger partial charge in [0.25, 0.3) is 0 Å². The van der Waals surface area contributed by atoms with E-state index < -0.39 is 29.4 Å². The molecular weight excluding hydrogens is 268 g/mol. The van der Waals surface area contributed by atoms with E-state index in [-0.39, 0.29) is 4.47 Å². The van der Waals surface area contributed by atoms with Gasteiger partial charge in [0.2, 0.25) is 5.78 Å². The molecule has 0 spiro atoms. The summed E-state index contributed by atoms with van der Waals surface area (Å²) in [7, 11) is 0. The Hall–Kier alpha value is -0.910. The van der Waals surface area contributed by atoms with E-state index in [0.29, 0.717) is 12.1 Å². The fourth-order valence-electron chi connectivity index (χ4n) is 0.829. The highest BCUT2D eigenvalue weighted by Gasteiger charge is 2.22. The molecule has 0 atom stereocenters. The van der Waals surface area contributed by atoms with Crippen LogP contribution in [0.2, 0.25) is 0 Å². The van der Waals surface area contributed by atoms with Crippen LogP contribution in [0.25, 0.3) is 0 Å². The number of alkyl halides is 2. The summed E-state index contributed by atoms with van der Waals surface area (Å²) in [5.74, 6) is -4.09. The molecule has 0 bridgehead atoms. The number of halogens is 5. The van der Waals surface area contributed by atoms with Gasteiger partial charge in [-0.15, -0.1) is 0 Å². The zero-order valence-corrected chi connectivity index (χ0v) is 8.12. The van der Waals surface area contributed by atoms with Crippen LogP contribution in [0.15, 0.2) is 16.6 Å². The number of carbonyl (C=O) groups is 1. The van der Waals surface area contributed by atoms with E-state index in [1.54, 1.807) is 0 Å². The van der Waals surface area contributed by atoms with Crippen LogP contribution in [0, 0.1) is 11.6 Å². The molecule has 0 amide bonds. The lowest BCUT2D eigenvalue weighted by Crippen LogP contribution is -2.11. The van der Waals surface area contributed by atoms with Gasteiger partial charge in [-0.25, -0.2) is 17.6 Å². The van der Waals surface area contributed by atoms with E-state index >= 15 is 0 Å². The summed E-state index contributed by atoms with van der Waals surface area (Å²) in [6.07, 6.45) is -3.24. The Morgan fingerprint density at radius 2 is 1.71 bits per heavy atom. The van der Waals surface area contributed by atoms with Gasteiger partial charge in [-0.1, -0.05) is 0 Å². The first kappa shape index (κ1) is 11.2. The van der Waals surface area contributed by atoms with Crippen LogP contribution in [-0.2, 0) is 0 Å². The van der Waals surface area contributed by atoms with Gasteiger partial charge >= 0.3 is 6.43 Å². The van der Waals surface area contributed by atoms with Crippen molar-refractivity contribution in [3.8, 4) is 0 Å². The lowest BCUT2D eigenvalue weighted by Gasteiger charge is -2.03. The van der Waals surface area contributed by atoms with Crippen LogP contribution in [0.1, 0.15) is 10.4 Å². The topological polar surface area (TPSA) is 17.1 Å². The van der Waals surface area contributed by atoms with Crippen LogP contribution in [0.3, 0.4) is 0 Å². The molecule has 0 aliphatic rings. The molecule has 14 heavy (non-hydrogen) atoms. The molecule has 0 heterocycles. The van der Waals surface area contributed by atoms with Crippen molar-refractivity contribution < 1.29 is 22.4 Å². The Labute approximate surface area is 84.9 Å². The predicted molar refractivity (Wildman–Crippen MR) is 44.4 cm³/mol. The molecule has 1 rings (SSSR count). The number of hydrogen-bond acceptors (Lipinski definition) is 1. The molecule has 0 radical (unpaired) electrons. The second kappa shape index (κ2) is 4.08. The van der Waals surface area contributed by atoms with Crippen molar-refractivity contribution in [3.05, 3.63) is 33.8 Å². The van der Waals surface area contributed by atoms with Crippen molar-refractivity contribution >= 4 is 21.7 Å². The van der Waals surface area contributed by atoms with Gasteiger partial charge in [0.1, 0.15) is 0 Å². The summed E-state index contributed by atoms with van der Waals surface area (Å²) in [5.41, 5.74) is -0.570. The maximum Gasteiger partial charge on any atom is 0.300 e. The van der Waals surface area contributed by atoms with Gasteiger partial charge in [-0.05, 0) is 28.1 Å². The summed E-state index contributed by atoms with van der Waals surface area (Å²) in [6.45, 7) is 0.